The summed E-state index contributed by atoms with van der Waals surface area (Å²) in [6.45, 7) is 0.518. The second-order valence-electron chi connectivity index (χ2n) is 2.41. The van der Waals surface area contributed by atoms with Crippen molar-refractivity contribution in [3.05, 3.63) is 29.5 Å². The molecule has 0 aromatic carbocycles. The van der Waals surface area contributed by atoms with Gasteiger partial charge in [0, 0.05) is 30.0 Å². The van der Waals surface area contributed by atoms with Crippen LogP contribution in [-0.2, 0) is 6.54 Å². The molecule has 4 nitrogen and oxygen atoms in total. The fourth-order valence-corrected chi connectivity index (χ4v) is 1.65. The van der Waals surface area contributed by atoms with E-state index in [1.165, 1.54) is 11.3 Å². The van der Waals surface area contributed by atoms with Gasteiger partial charge in [0.1, 0.15) is 0 Å². The Labute approximate surface area is 79.5 Å². The molecule has 0 aliphatic heterocycles. The van der Waals surface area contributed by atoms with E-state index in [1.54, 1.807) is 24.7 Å². The van der Waals surface area contributed by atoms with Gasteiger partial charge >= 0.3 is 0 Å². The van der Waals surface area contributed by atoms with Crippen molar-refractivity contribution in [2.24, 2.45) is 5.73 Å². The highest BCUT2D eigenvalue weighted by Gasteiger charge is 2.04. The Bertz CT molecular complexity index is 384. The Kier molecular flexibility index (Phi) is 2.29. The summed E-state index contributed by atoms with van der Waals surface area (Å²) in [6, 6.07) is 1.78. The van der Waals surface area contributed by atoms with Gasteiger partial charge in [0.25, 0.3) is 0 Å². The zero-order valence-electron chi connectivity index (χ0n) is 6.84. The first-order chi connectivity index (χ1) is 6.40. The quantitative estimate of drug-likeness (QED) is 0.772. The molecule has 66 valence electrons. The third-order valence-corrected chi connectivity index (χ3v) is 2.53. The average molecular weight is 192 g/mol. The van der Waals surface area contributed by atoms with Gasteiger partial charge in [0.05, 0.1) is 0 Å². The van der Waals surface area contributed by atoms with E-state index in [0.717, 1.165) is 9.88 Å². The van der Waals surface area contributed by atoms with Gasteiger partial charge < -0.3 is 5.73 Å². The number of nitrogens with two attached hydrogens (primary N) is 1. The van der Waals surface area contributed by atoms with Gasteiger partial charge in [-0.05, 0) is 6.07 Å². The van der Waals surface area contributed by atoms with Gasteiger partial charge in [0.15, 0.2) is 10.8 Å². The Morgan fingerprint density at radius 1 is 1.23 bits per heavy atom. The molecule has 0 aliphatic carbocycles. The topological polar surface area (TPSA) is 64.7 Å². The zero-order chi connectivity index (χ0) is 9.10. The lowest BCUT2D eigenvalue weighted by atomic mass is 10.5. The van der Waals surface area contributed by atoms with Crippen LogP contribution in [0.3, 0.4) is 0 Å². The minimum absolute atomic E-state index is 0.518. The molecule has 0 unspecified atom stereocenters. The molecule has 0 aliphatic rings. The molecule has 0 radical (unpaired) electrons. The first kappa shape index (κ1) is 8.28. The number of hydrogen-bond acceptors (Lipinski definition) is 5. The summed E-state index contributed by atoms with van der Waals surface area (Å²) in [6.07, 6.45) is 5.16. The van der Waals surface area contributed by atoms with E-state index in [4.69, 9.17) is 5.73 Å². The molecule has 0 saturated carbocycles. The molecule has 2 heterocycles. The van der Waals surface area contributed by atoms with Crippen molar-refractivity contribution in [3.8, 4) is 10.8 Å². The van der Waals surface area contributed by atoms with E-state index >= 15 is 0 Å². The Morgan fingerprint density at radius 3 is 2.62 bits per heavy atom. The van der Waals surface area contributed by atoms with Crippen LogP contribution in [0.5, 0.6) is 0 Å². The standard InChI is InChI=1S/C8H8N4S/c9-4-6-5-12-8(13-6)7-10-2-1-3-11-7/h1-3,5H,4,9H2. The monoisotopic (exact) mass is 192 g/mol. The van der Waals surface area contributed by atoms with E-state index in [2.05, 4.69) is 15.0 Å². The van der Waals surface area contributed by atoms with E-state index < -0.39 is 0 Å². The van der Waals surface area contributed by atoms with Crippen molar-refractivity contribution in [1.82, 2.24) is 15.0 Å². The SMILES string of the molecule is NCc1cnc(-c2ncccn2)s1. The first-order valence-corrected chi connectivity index (χ1v) is 4.64. The summed E-state index contributed by atoms with van der Waals surface area (Å²) < 4.78 is 0. The van der Waals surface area contributed by atoms with Crippen molar-refractivity contribution >= 4 is 11.3 Å². The van der Waals surface area contributed by atoms with E-state index in [0.29, 0.717) is 12.4 Å². The minimum atomic E-state index is 0.518. The Morgan fingerprint density at radius 2 is 2.00 bits per heavy atom. The van der Waals surface area contributed by atoms with Crippen LogP contribution in [0.1, 0.15) is 4.88 Å². The van der Waals surface area contributed by atoms with Gasteiger partial charge in [0.2, 0.25) is 0 Å². The lowest BCUT2D eigenvalue weighted by Crippen LogP contribution is -1.91. The molecule has 2 N–H and O–H groups in total. The maximum Gasteiger partial charge on any atom is 0.188 e. The van der Waals surface area contributed by atoms with Gasteiger partial charge in [-0.3, -0.25) is 0 Å². The predicted octanol–water partition coefficient (Wildman–Crippen LogP) is 1.06. The second kappa shape index (κ2) is 3.59. The first-order valence-electron chi connectivity index (χ1n) is 3.82. The molecule has 0 bridgehead atoms. The number of rotatable bonds is 2. The highest BCUT2D eigenvalue weighted by Crippen LogP contribution is 2.20. The summed E-state index contributed by atoms with van der Waals surface area (Å²) in [5, 5.41) is 0.820. The van der Waals surface area contributed by atoms with Gasteiger partial charge in [-0.25, -0.2) is 15.0 Å². The van der Waals surface area contributed by atoms with Crippen LogP contribution < -0.4 is 5.73 Å². The largest absolute Gasteiger partial charge is 0.326 e. The molecular weight excluding hydrogens is 184 g/mol. The lowest BCUT2D eigenvalue weighted by molar-refractivity contribution is 1.09. The maximum absolute atomic E-state index is 5.47. The van der Waals surface area contributed by atoms with E-state index in [1.807, 2.05) is 0 Å². The van der Waals surface area contributed by atoms with E-state index in [9.17, 15) is 0 Å². The summed E-state index contributed by atoms with van der Waals surface area (Å²) in [5.74, 6) is 0.659. The summed E-state index contributed by atoms with van der Waals surface area (Å²) >= 11 is 1.52. The molecule has 5 heteroatoms. The molecule has 2 aromatic rings. The van der Waals surface area contributed by atoms with Crippen LogP contribution >= 0.6 is 11.3 Å². The third kappa shape index (κ3) is 1.71. The van der Waals surface area contributed by atoms with Crippen LogP contribution in [0, 0.1) is 0 Å². The highest BCUT2D eigenvalue weighted by molar-refractivity contribution is 7.14. The fraction of sp³-hybridized carbons (Fsp3) is 0.125. The molecule has 0 fully saturated rings. The number of aromatic nitrogens is 3. The average Bonchev–Trinajstić information content (AvgIpc) is 2.67. The Hall–Kier alpha value is -1.33. The number of thiazole rings is 1. The predicted molar refractivity (Wildman–Crippen MR) is 51.0 cm³/mol. The third-order valence-electron chi connectivity index (χ3n) is 1.51. The molecule has 0 amide bonds. The van der Waals surface area contributed by atoms with Crippen molar-refractivity contribution in [2.75, 3.05) is 0 Å². The molecule has 0 atom stereocenters. The molecule has 0 spiro atoms. The zero-order valence-corrected chi connectivity index (χ0v) is 7.66. The van der Waals surface area contributed by atoms with Gasteiger partial charge in [-0.2, -0.15) is 0 Å². The molecule has 2 aromatic heterocycles. The van der Waals surface area contributed by atoms with Crippen LogP contribution in [0.15, 0.2) is 24.7 Å². The molecule has 0 saturated heterocycles. The number of nitrogens with zero attached hydrogens (tertiary/aromatic N) is 3. The summed E-state index contributed by atoms with van der Waals surface area (Å²) in [4.78, 5) is 13.4. The minimum Gasteiger partial charge on any atom is -0.326 e. The van der Waals surface area contributed by atoms with Crippen LogP contribution in [0.4, 0.5) is 0 Å². The Balaban J connectivity index is 2.36. The fourth-order valence-electron chi connectivity index (χ4n) is 0.915. The van der Waals surface area contributed by atoms with Crippen molar-refractivity contribution in [3.63, 3.8) is 0 Å². The van der Waals surface area contributed by atoms with Crippen molar-refractivity contribution in [1.29, 1.82) is 0 Å². The highest BCUT2D eigenvalue weighted by atomic mass is 32.1. The smallest absolute Gasteiger partial charge is 0.188 e. The molecule has 2 rings (SSSR count). The lowest BCUT2D eigenvalue weighted by Gasteiger charge is -1.90. The summed E-state index contributed by atoms with van der Waals surface area (Å²) in [5.41, 5.74) is 5.47. The van der Waals surface area contributed by atoms with Gasteiger partial charge in [-0.1, -0.05) is 0 Å². The number of hydrogen-bond donors (Lipinski definition) is 1. The van der Waals surface area contributed by atoms with Gasteiger partial charge in [-0.15, -0.1) is 11.3 Å². The van der Waals surface area contributed by atoms with Crippen LogP contribution in [0.25, 0.3) is 10.8 Å². The van der Waals surface area contributed by atoms with Crippen molar-refractivity contribution in [2.45, 2.75) is 6.54 Å². The van der Waals surface area contributed by atoms with Crippen LogP contribution in [-0.4, -0.2) is 15.0 Å². The molecule has 13 heavy (non-hydrogen) atoms. The molecular formula is C8H8N4S. The van der Waals surface area contributed by atoms with Crippen molar-refractivity contribution < 1.29 is 0 Å². The summed E-state index contributed by atoms with van der Waals surface area (Å²) in [7, 11) is 0. The normalized spacial score (nSPS) is 10.2. The maximum atomic E-state index is 5.47. The van der Waals surface area contributed by atoms with Crippen LogP contribution in [0.2, 0.25) is 0 Å². The second-order valence-corrected chi connectivity index (χ2v) is 3.52. The van der Waals surface area contributed by atoms with E-state index in [-0.39, 0.29) is 0 Å².